The number of nitrogens with zero attached hydrogens (tertiary/aromatic N) is 3. The van der Waals surface area contributed by atoms with Gasteiger partial charge in [-0.3, -0.25) is 9.71 Å². The zero-order valence-corrected chi connectivity index (χ0v) is 25.9. The number of aldehydes is 1. The van der Waals surface area contributed by atoms with E-state index in [1.807, 2.05) is 32.2 Å². The monoisotopic (exact) mass is 594 g/mol. The maximum atomic E-state index is 13.4. The summed E-state index contributed by atoms with van der Waals surface area (Å²) in [5, 5.41) is 3.78. The number of nitrogens with one attached hydrogen (secondary N) is 1. The van der Waals surface area contributed by atoms with Crippen LogP contribution in [0.2, 0.25) is 0 Å². The number of sulfonamides is 1. The molecule has 1 aliphatic rings. The lowest BCUT2D eigenvalue weighted by Crippen LogP contribution is -2.33. The summed E-state index contributed by atoms with van der Waals surface area (Å²) in [7, 11) is -1.93. The number of ether oxygens (including phenoxy) is 1. The number of aromatic nitrogens is 1. The summed E-state index contributed by atoms with van der Waals surface area (Å²) in [5.41, 5.74) is 2.67. The molecule has 1 aromatic heterocycles. The zero-order valence-electron chi connectivity index (χ0n) is 25.1. The quantitative estimate of drug-likeness (QED) is 0.128. The minimum atomic E-state index is -3.95. The summed E-state index contributed by atoms with van der Waals surface area (Å²) in [6, 6.07) is 14.5. The zero-order chi connectivity index (χ0) is 30.2. The highest BCUT2D eigenvalue weighted by Crippen LogP contribution is 2.34. The van der Waals surface area contributed by atoms with E-state index in [0.717, 1.165) is 73.8 Å². The largest absolute Gasteiger partial charge is 0.377 e. The summed E-state index contributed by atoms with van der Waals surface area (Å²) >= 11 is 0. The van der Waals surface area contributed by atoms with Crippen molar-refractivity contribution in [3.05, 3.63) is 65.4 Å². The number of anilines is 1. The van der Waals surface area contributed by atoms with Gasteiger partial charge in [-0.15, -0.1) is 0 Å². The highest BCUT2D eigenvalue weighted by atomic mass is 32.2. The van der Waals surface area contributed by atoms with Crippen molar-refractivity contribution < 1.29 is 22.5 Å². The van der Waals surface area contributed by atoms with E-state index in [4.69, 9.17) is 14.3 Å². The molecule has 3 aromatic rings. The predicted octanol–water partition coefficient (Wildman–Crippen LogP) is 6.52. The van der Waals surface area contributed by atoms with Gasteiger partial charge in [0.15, 0.2) is 5.82 Å². The van der Waals surface area contributed by atoms with Crippen LogP contribution < -0.4 is 4.72 Å². The molecular weight excluding hydrogens is 552 g/mol. The number of hydrogen-bond donors (Lipinski definition) is 1. The van der Waals surface area contributed by atoms with Crippen LogP contribution in [0.25, 0.3) is 11.1 Å². The second-order valence-electron chi connectivity index (χ2n) is 11.0. The number of hydrogen-bond acceptors (Lipinski definition) is 7. The van der Waals surface area contributed by atoms with Gasteiger partial charge in [0.1, 0.15) is 23.4 Å². The van der Waals surface area contributed by atoms with Crippen LogP contribution >= 0.6 is 0 Å². The van der Waals surface area contributed by atoms with Crippen molar-refractivity contribution in [2.45, 2.75) is 89.3 Å². The van der Waals surface area contributed by atoms with Gasteiger partial charge in [-0.2, -0.15) is 0 Å². The van der Waals surface area contributed by atoms with Crippen LogP contribution in [0.3, 0.4) is 0 Å². The van der Waals surface area contributed by atoms with Crippen LogP contribution in [0, 0.1) is 6.92 Å². The minimum Gasteiger partial charge on any atom is -0.377 e. The van der Waals surface area contributed by atoms with Crippen LogP contribution in [-0.4, -0.2) is 49.8 Å². The van der Waals surface area contributed by atoms with Gasteiger partial charge < -0.3 is 19.0 Å². The van der Waals surface area contributed by atoms with Crippen molar-refractivity contribution in [3.63, 3.8) is 0 Å². The number of carbonyl (C=O) groups excluding carboxylic acids is 1. The molecule has 1 heterocycles. The third-order valence-corrected chi connectivity index (χ3v) is 9.03. The molecule has 9 nitrogen and oxygen atoms in total. The molecule has 1 fully saturated rings. The van der Waals surface area contributed by atoms with Crippen LogP contribution in [0.15, 0.2) is 62.9 Å². The summed E-state index contributed by atoms with van der Waals surface area (Å²) < 4.78 is 40.2. The number of amidine groups is 1. The molecular formula is C32H42N4O5S. The van der Waals surface area contributed by atoms with E-state index < -0.39 is 15.6 Å². The fraction of sp³-hybridized carbons (Fsp3) is 0.469. The number of unbranched alkanes of at least 4 members (excludes halogenated alkanes) is 1. The second kappa shape index (κ2) is 14.1. The molecule has 0 aliphatic heterocycles. The molecule has 0 bridgehead atoms. The normalized spacial score (nSPS) is 15.1. The van der Waals surface area contributed by atoms with Crippen molar-refractivity contribution >= 4 is 28.0 Å². The van der Waals surface area contributed by atoms with Crippen molar-refractivity contribution in [2.75, 3.05) is 18.4 Å². The summed E-state index contributed by atoms with van der Waals surface area (Å²) in [5.74, 6) is 1.59. The molecule has 0 saturated heterocycles. The maximum Gasteiger partial charge on any atom is 0.263 e. The van der Waals surface area contributed by atoms with E-state index in [1.165, 1.54) is 6.07 Å². The van der Waals surface area contributed by atoms with Gasteiger partial charge in [0.05, 0.1) is 11.5 Å². The SMILES string of the molecule is CCCC/C(=N/C1(C=O)CCCC1)N(C)Cc1ccc(-c2ccccc2S(=O)(=O)Nc2cc(C)on2)c(COCC)c1. The van der Waals surface area contributed by atoms with Gasteiger partial charge in [0.25, 0.3) is 10.0 Å². The standard InChI is InChI=1S/C32H42N4O5S/c1-5-7-14-31(33-32(23-37)17-10-11-18-32)36(4)21-25-15-16-27(26(20-25)22-40-6-2)28-12-8-9-13-29(28)42(38,39)35-30-19-24(3)41-34-30/h8-9,12-13,15-16,19-20,23H,5-7,10-11,14,17-18,21-22H2,1-4H3,(H,34,35)/b33-31-. The Hall–Kier alpha value is -3.50. The first-order chi connectivity index (χ1) is 20.2. The van der Waals surface area contributed by atoms with Crippen molar-refractivity contribution in [3.8, 4) is 11.1 Å². The second-order valence-corrected chi connectivity index (χ2v) is 12.6. The summed E-state index contributed by atoms with van der Waals surface area (Å²) in [4.78, 5) is 19.4. The van der Waals surface area contributed by atoms with Gasteiger partial charge in [-0.05, 0) is 55.9 Å². The first-order valence-electron chi connectivity index (χ1n) is 14.7. The molecule has 0 amide bonds. The minimum absolute atomic E-state index is 0.129. The summed E-state index contributed by atoms with van der Waals surface area (Å²) in [6.45, 7) is 7.25. The lowest BCUT2D eigenvalue weighted by atomic mass is 9.97. The molecule has 0 unspecified atom stereocenters. The molecule has 1 saturated carbocycles. The number of rotatable bonds is 14. The maximum absolute atomic E-state index is 13.4. The number of aryl methyl sites for hydroxylation is 1. The Labute approximate surface area is 249 Å². The van der Waals surface area contributed by atoms with Crippen molar-refractivity contribution in [1.82, 2.24) is 10.1 Å². The molecule has 0 atom stereocenters. The van der Waals surface area contributed by atoms with Crippen LogP contribution in [0.4, 0.5) is 5.82 Å². The van der Waals surface area contributed by atoms with E-state index in [1.54, 1.807) is 25.1 Å². The first kappa shape index (κ1) is 31.4. The molecule has 1 N–H and O–H groups in total. The average molecular weight is 595 g/mol. The van der Waals surface area contributed by atoms with E-state index in [-0.39, 0.29) is 10.7 Å². The van der Waals surface area contributed by atoms with E-state index in [2.05, 4.69) is 27.8 Å². The highest BCUT2D eigenvalue weighted by molar-refractivity contribution is 7.92. The fourth-order valence-corrected chi connectivity index (χ4v) is 6.61. The molecule has 1 aliphatic carbocycles. The van der Waals surface area contributed by atoms with Gasteiger partial charge in [-0.1, -0.05) is 67.7 Å². The third kappa shape index (κ3) is 7.66. The van der Waals surface area contributed by atoms with Gasteiger partial charge in [-0.25, -0.2) is 8.42 Å². The van der Waals surface area contributed by atoms with Gasteiger partial charge >= 0.3 is 0 Å². The van der Waals surface area contributed by atoms with Crippen LogP contribution in [0.5, 0.6) is 0 Å². The molecule has 0 spiro atoms. The molecule has 4 rings (SSSR count). The van der Waals surface area contributed by atoms with E-state index in [0.29, 0.717) is 31.1 Å². The Kier molecular flexibility index (Phi) is 10.6. The van der Waals surface area contributed by atoms with E-state index >= 15 is 0 Å². The van der Waals surface area contributed by atoms with Crippen LogP contribution in [0.1, 0.15) is 75.7 Å². The van der Waals surface area contributed by atoms with Crippen molar-refractivity contribution in [1.29, 1.82) is 0 Å². The van der Waals surface area contributed by atoms with E-state index in [9.17, 15) is 13.2 Å². The van der Waals surface area contributed by atoms with Crippen molar-refractivity contribution in [2.24, 2.45) is 4.99 Å². The molecule has 42 heavy (non-hydrogen) atoms. The average Bonchev–Trinajstić information content (AvgIpc) is 3.62. The Balaban J connectivity index is 1.66. The Morgan fingerprint density at radius 1 is 1.14 bits per heavy atom. The molecule has 2 aromatic carbocycles. The topological polar surface area (TPSA) is 114 Å². The lowest BCUT2D eigenvalue weighted by molar-refractivity contribution is -0.112. The number of carbonyl (C=O) groups is 1. The number of benzene rings is 2. The predicted molar refractivity (Wildman–Crippen MR) is 165 cm³/mol. The number of aliphatic imine (C=N–C) groups is 1. The summed E-state index contributed by atoms with van der Waals surface area (Å²) in [6.07, 6.45) is 7.57. The Morgan fingerprint density at radius 3 is 2.57 bits per heavy atom. The molecule has 0 radical (unpaired) electrons. The lowest BCUT2D eigenvalue weighted by Gasteiger charge is -2.26. The fourth-order valence-electron chi connectivity index (χ4n) is 5.40. The Morgan fingerprint density at radius 2 is 1.90 bits per heavy atom. The molecule has 10 heteroatoms. The van der Waals surface area contributed by atoms with Gasteiger partial charge in [0, 0.05) is 38.2 Å². The molecule has 226 valence electrons. The third-order valence-electron chi connectivity index (χ3n) is 7.62. The Bertz CT molecular complexity index is 1490. The van der Waals surface area contributed by atoms with Gasteiger partial charge in [0.2, 0.25) is 0 Å². The smallest absolute Gasteiger partial charge is 0.263 e. The van der Waals surface area contributed by atoms with Crippen LogP contribution in [-0.2, 0) is 32.7 Å². The highest BCUT2D eigenvalue weighted by Gasteiger charge is 2.34. The first-order valence-corrected chi connectivity index (χ1v) is 16.2.